The van der Waals surface area contributed by atoms with Crippen molar-refractivity contribution >= 4 is 45.5 Å². The number of esters is 1. The minimum absolute atomic E-state index is 0.0365. The van der Waals surface area contributed by atoms with Gasteiger partial charge in [-0.2, -0.15) is 0 Å². The molecule has 1 N–H and O–H groups in total. The van der Waals surface area contributed by atoms with E-state index in [4.69, 9.17) is 4.74 Å². The molecule has 0 spiro atoms. The summed E-state index contributed by atoms with van der Waals surface area (Å²) in [4.78, 5) is 50.0. The number of ketones is 1. The molecule has 35 heavy (non-hydrogen) atoms. The van der Waals surface area contributed by atoms with Gasteiger partial charge in [0.2, 0.25) is 5.78 Å². The fourth-order valence-corrected chi connectivity index (χ4v) is 5.70. The van der Waals surface area contributed by atoms with Crippen molar-refractivity contribution in [2.75, 3.05) is 11.5 Å². The molecule has 0 saturated heterocycles. The first-order valence-corrected chi connectivity index (χ1v) is 12.3. The lowest BCUT2D eigenvalue weighted by Crippen LogP contribution is -2.31. The van der Waals surface area contributed by atoms with Gasteiger partial charge in [0, 0.05) is 0 Å². The van der Waals surface area contributed by atoms with Gasteiger partial charge >= 0.3 is 5.97 Å². The van der Waals surface area contributed by atoms with Gasteiger partial charge in [-0.25, -0.2) is 14.8 Å². The Morgan fingerprint density at radius 1 is 1.09 bits per heavy atom. The molecule has 0 aliphatic carbocycles. The number of carbonyl (C=O) groups excluding carboxylic acids is 3. The van der Waals surface area contributed by atoms with E-state index < -0.39 is 29.5 Å². The normalized spacial score (nSPS) is 15.6. The third-order valence-electron chi connectivity index (χ3n) is 5.46. The molecule has 1 atom stereocenters. The number of nitrogens with zero attached hydrogens (tertiary/aromatic N) is 3. The number of benzene rings is 1. The standard InChI is InChI=1S/C25H23N3O5S2/c1-6-11-33-24(32)22-14(4)27-25(35-22)28-18(16-9-7-12(2)8-10-16)17(20(30)23(28)31)19(29)21-13(3)26-15(5)34-21/h6-10,18,30H,1,11H2,2-5H3. The molecule has 10 heteroatoms. The predicted molar refractivity (Wildman–Crippen MR) is 134 cm³/mol. The first-order chi connectivity index (χ1) is 16.6. The number of amides is 1. The summed E-state index contributed by atoms with van der Waals surface area (Å²) in [6.45, 7) is 10.6. The zero-order valence-electron chi connectivity index (χ0n) is 19.6. The van der Waals surface area contributed by atoms with Crippen molar-refractivity contribution < 1.29 is 24.2 Å². The summed E-state index contributed by atoms with van der Waals surface area (Å²) in [6.07, 6.45) is 1.45. The van der Waals surface area contributed by atoms with Gasteiger partial charge in [0.1, 0.15) is 11.5 Å². The number of hydrogen-bond acceptors (Lipinski definition) is 9. The molecule has 3 heterocycles. The largest absolute Gasteiger partial charge is 0.503 e. The van der Waals surface area contributed by atoms with Gasteiger partial charge in [0.25, 0.3) is 5.91 Å². The molecule has 1 aliphatic rings. The van der Waals surface area contributed by atoms with Crippen LogP contribution >= 0.6 is 22.7 Å². The van der Waals surface area contributed by atoms with Crippen LogP contribution in [-0.2, 0) is 9.53 Å². The first-order valence-electron chi connectivity index (χ1n) is 10.7. The lowest BCUT2D eigenvalue weighted by molar-refractivity contribution is -0.117. The van der Waals surface area contributed by atoms with Gasteiger partial charge in [0.15, 0.2) is 10.9 Å². The second kappa shape index (κ2) is 9.55. The van der Waals surface area contributed by atoms with Crippen LogP contribution in [0.2, 0.25) is 0 Å². The molecule has 1 aromatic carbocycles. The Bertz CT molecular complexity index is 1380. The predicted octanol–water partition coefficient (Wildman–Crippen LogP) is 4.96. The van der Waals surface area contributed by atoms with Crippen LogP contribution in [0.4, 0.5) is 5.13 Å². The molecule has 1 unspecified atom stereocenters. The van der Waals surface area contributed by atoms with Crippen molar-refractivity contribution in [3.8, 4) is 0 Å². The maximum Gasteiger partial charge on any atom is 0.350 e. The molecule has 0 saturated carbocycles. The van der Waals surface area contributed by atoms with E-state index >= 15 is 0 Å². The molecule has 1 amide bonds. The number of carbonyl (C=O) groups is 3. The minimum Gasteiger partial charge on any atom is -0.503 e. The molecule has 1 aliphatic heterocycles. The average molecular weight is 510 g/mol. The number of thiazole rings is 2. The number of aliphatic hydroxyl groups is 1. The van der Waals surface area contributed by atoms with E-state index in [-0.39, 0.29) is 22.2 Å². The van der Waals surface area contributed by atoms with Gasteiger partial charge in [-0.15, -0.1) is 11.3 Å². The third-order valence-corrected chi connectivity index (χ3v) is 7.67. The van der Waals surface area contributed by atoms with Crippen molar-refractivity contribution in [2.45, 2.75) is 33.7 Å². The van der Waals surface area contributed by atoms with Crippen molar-refractivity contribution in [3.05, 3.63) is 85.5 Å². The van der Waals surface area contributed by atoms with Gasteiger partial charge < -0.3 is 9.84 Å². The smallest absolute Gasteiger partial charge is 0.350 e. The summed E-state index contributed by atoms with van der Waals surface area (Å²) in [5, 5.41) is 11.8. The Balaban J connectivity index is 1.84. The molecule has 180 valence electrons. The van der Waals surface area contributed by atoms with Crippen LogP contribution in [-0.4, -0.2) is 39.3 Å². The molecule has 3 aromatic rings. The van der Waals surface area contributed by atoms with Crippen LogP contribution in [0.5, 0.6) is 0 Å². The van der Waals surface area contributed by atoms with E-state index in [0.717, 1.165) is 16.9 Å². The van der Waals surface area contributed by atoms with Gasteiger partial charge in [-0.1, -0.05) is 53.8 Å². The fourth-order valence-electron chi connectivity index (χ4n) is 3.84. The molecule has 8 nitrogen and oxygen atoms in total. The van der Waals surface area contributed by atoms with Crippen molar-refractivity contribution in [1.29, 1.82) is 0 Å². The number of anilines is 1. The highest BCUT2D eigenvalue weighted by Gasteiger charge is 2.46. The number of Topliss-reactive ketones (excluding diaryl/α,β-unsaturated/α-hetero) is 1. The Labute approximate surface area is 210 Å². The van der Waals surface area contributed by atoms with E-state index in [0.29, 0.717) is 26.8 Å². The zero-order valence-corrected chi connectivity index (χ0v) is 21.2. The highest BCUT2D eigenvalue weighted by molar-refractivity contribution is 7.17. The molecule has 0 radical (unpaired) electrons. The van der Waals surface area contributed by atoms with E-state index in [1.807, 2.05) is 19.1 Å². The molecule has 0 bridgehead atoms. The quantitative estimate of drug-likeness (QED) is 0.272. The number of rotatable bonds is 7. The van der Waals surface area contributed by atoms with E-state index in [2.05, 4.69) is 16.5 Å². The van der Waals surface area contributed by atoms with Crippen molar-refractivity contribution in [1.82, 2.24) is 9.97 Å². The average Bonchev–Trinajstić information content (AvgIpc) is 3.45. The lowest BCUT2D eigenvalue weighted by Gasteiger charge is -2.24. The Kier molecular flexibility index (Phi) is 6.68. The molecule has 4 rings (SSSR count). The highest BCUT2D eigenvalue weighted by Crippen LogP contribution is 2.44. The molecule has 2 aromatic heterocycles. The second-order valence-electron chi connectivity index (χ2n) is 8.03. The number of aromatic nitrogens is 2. The van der Waals surface area contributed by atoms with Gasteiger partial charge in [-0.3, -0.25) is 14.5 Å². The van der Waals surface area contributed by atoms with Crippen LogP contribution in [0.1, 0.15) is 52.9 Å². The van der Waals surface area contributed by atoms with Crippen LogP contribution in [0.25, 0.3) is 0 Å². The Morgan fingerprint density at radius 3 is 2.34 bits per heavy atom. The Morgan fingerprint density at radius 2 is 1.74 bits per heavy atom. The zero-order chi connectivity index (χ0) is 25.4. The maximum atomic E-state index is 13.6. The van der Waals surface area contributed by atoms with Gasteiger partial charge in [0.05, 0.1) is 32.9 Å². The summed E-state index contributed by atoms with van der Waals surface area (Å²) in [6, 6.07) is 6.40. The first kappa shape index (κ1) is 24.5. The highest BCUT2D eigenvalue weighted by atomic mass is 32.1. The van der Waals surface area contributed by atoms with Gasteiger partial charge in [-0.05, 0) is 33.3 Å². The summed E-state index contributed by atoms with van der Waals surface area (Å²) in [5.41, 5.74) is 2.48. The fraction of sp³-hybridized carbons (Fsp3) is 0.240. The number of ether oxygens (including phenoxy) is 1. The lowest BCUT2D eigenvalue weighted by atomic mass is 9.94. The molecular formula is C25H23N3O5S2. The molecule has 0 fully saturated rings. The summed E-state index contributed by atoms with van der Waals surface area (Å²) >= 11 is 2.18. The summed E-state index contributed by atoms with van der Waals surface area (Å²) < 4.78 is 5.13. The van der Waals surface area contributed by atoms with Crippen LogP contribution in [0.15, 0.2) is 48.3 Å². The van der Waals surface area contributed by atoms with E-state index in [9.17, 15) is 19.5 Å². The number of aliphatic hydroxyl groups excluding tert-OH is 1. The minimum atomic E-state index is -0.931. The molecular weight excluding hydrogens is 486 g/mol. The SMILES string of the molecule is C=CCOC(=O)c1sc(N2C(=O)C(O)=C(C(=O)c3sc(C)nc3C)C2c2ccc(C)cc2)nc1C. The number of hydrogen-bond donors (Lipinski definition) is 1. The third kappa shape index (κ3) is 4.42. The van der Waals surface area contributed by atoms with Crippen LogP contribution in [0.3, 0.4) is 0 Å². The second-order valence-corrected chi connectivity index (χ2v) is 10.2. The van der Waals surface area contributed by atoms with Crippen molar-refractivity contribution in [2.24, 2.45) is 0 Å². The van der Waals surface area contributed by atoms with Crippen molar-refractivity contribution in [3.63, 3.8) is 0 Å². The maximum absolute atomic E-state index is 13.6. The Hall–Kier alpha value is -3.63. The summed E-state index contributed by atoms with van der Waals surface area (Å²) in [5.74, 6) is -2.47. The van der Waals surface area contributed by atoms with E-state index in [1.54, 1.807) is 32.9 Å². The van der Waals surface area contributed by atoms with Crippen LogP contribution in [0, 0.1) is 27.7 Å². The topological polar surface area (TPSA) is 110 Å². The monoisotopic (exact) mass is 509 g/mol. The number of aryl methyl sites for hydroxylation is 4. The van der Waals surface area contributed by atoms with E-state index in [1.165, 1.54) is 22.3 Å². The van der Waals surface area contributed by atoms with Crippen LogP contribution < -0.4 is 4.90 Å². The summed E-state index contributed by atoms with van der Waals surface area (Å²) in [7, 11) is 0.